The predicted molar refractivity (Wildman–Crippen MR) is 70.2 cm³/mol. The van der Waals surface area contributed by atoms with E-state index in [1.54, 1.807) is 12.0 Å². The van der Waals surface area contributed by atoms with Gasteiger partial charge in [-0.2, -0.15) is 0 Å². The lowest BCUT2D eigenvalue weighted by atomic mass is 10.1. The Morgan fingerprint density at radius 1 is 1.33 bits per heavy atom. The lowest BCUT2D eigenvalue weighted by molar-refractivity contribution is 0.0350. The fraction of sp³-hybridized carbons (Fsp3) is 0.500. The first-order valence-electron chi connectivity index (χ1n) is 5.75. The molecule has 0 spiro atoms. The van der Waals surface area contributed by atoms with Gasteiger partial charge in [-0.25, -0.2) is 4.98 Å². The van der Waals surface area contributed by atoms with E-state index in [-0.39, 0.29) is 22.3 Å². The average molecular weight is 289 g/mol. The van der Waals surface area contributed by atoms with Gasteiger partial charge in [-0.1, -0.05) is 23.2 Å². The van der Waals surface area contributed by atoms with Crippen molar-refractivity contribution in [2.24, 2.45) is 0 Å². The lowest BCUT2D eigenvalue weighted by Crippen LogP contribution is -2.40. The summed E-state index contributed by atoms with van der Waals surface area (Å²) >= 11 is 11.6. The molecule has 1 aliphatic heterocycles. The second-order valence-corrected chi connectivity index (χ2v) is 5.00. The van der Waals surface area contributed by atoms with Crippen molar-refractivity contribution in [1.29, 1.82) is 0 Å². The summed E-state index contributed by atoms with van der Waals surface area (Å²) < 4.78 is 5.27. The highest BCUT2D eigenvalue weighted by Gasteiger charge is 2.23. The molecule has 1 aromatic rings. The van der Waals surface area contributed by atoms with Gasteiger partial charge < -0.3 is 9.64 Å². The van der Waals surface area contributed by atoms with Gasteiger partial charge in [0, 0.05) is 25.8 Å². The van der Waals surface area contributed by atoms with Gasteiger partial charge in [0.2, 0.25) is 0 Å². The summed E-state index contributed by atoms with van der Waals surface area (Å²) in [5.74, 6) is -0.0595. The van der Waals surface area contributed by atoms with E-state index in [0.29, 0.717) is 18.7 Å². The first kappa shape index (κ1) is 13.6. The van der Waals surface area contributed by atoms with E-state index in [1.807, 2.05) is 0 Å². The Hall–Kier alpha value is -0.840. The summed E-state index contributed by atoms with van der Waals surface area (Å²) in [6.07, 6.45) is 1.96. The van der Waals surface area contributed by atoms with Crippen LogP contribution in [0.2, 0.25) is 10.3 Å². The number of rotatable bonds is 2. The van der Waals surface area contributed by atoms with Gasteiger partial charge in [-0.3, -0.25) is 4.79 Å². The molecule has 18 heavy (non-hydrogen) atoms. The molecule has 0 aromatic carbocycles. The maximum atomic E-state index is 12.2. The Bertz CT molecular complexity index is 425. The summed E-state index contributed by atoms with van der Waals surface area (Å²) in [5.41, 5.74) is 0.482. The van der Waals surface area contributed by atoms with Crippen molar-refractivity contribution < 1.29 is 9.53 Å². The van der Waals surface area contributed by atoms with Gasteiger partial charge in [-0.05, 0) is 25.0 Å². The van der Waals surface area contributed by atoms with Crippen LogP contribution in [-0.2, 0) is 4.74 Å². The Morgan fingerprint density at radius 3 is 2.39 bits per heavy atom. The molecule has 6 heteroatoms. The van der Waals surface area contributed by atoms with Gasteiger partial charge >= 0.3 is 0 Å². The zero-order chi connectivity index (χ0) is 13.1. The Morgan fingerprint density at radius 2 is 1.89 bits per heavy atom. The summed E-state index contributed by atoms with van der Waals surface area (Å²) in [5, 5.41) is 0.468. The number of amides is 1. The van der Waals surface area contributed by atoms with E-state index in [9.17, 15) is 4.79 Å². The minimum Gasteiger partial charge on any atom is -0.381 e. The van der Waals surface area contributed by atoms with Gasteiger partial charge in [0.1, 0.15) is 10.3 Å². The van der Waals surface area contributed by atoms with Crippen molar-refractivity contribution in [2.75, 3.05) is 20.2 Å². The lowest BCUT2D eigenvalue weighted by Gasteiger charge is -2.31. The number of piperidine rings is 1. The van der Waals surface area contributed by atoms with Crippen LogP contribution in [0.3, 0.4) is 0 Å². The highest BCUT2D eigenvalue weighted by molar-refractivity contribution is 6.33. The number of pyridine rings is 1. The average Bonchev–Trinajstić information content (AvgIpc) is 2.37. The minimum absolute atomic E-state index is 0.0595. The number of ether oxygens (including phenoxy) is 1. The van der Waals surface area contributed by atoms with Gasteiger partial charge in [-0.15, -0.1) is 0 Å². The predicted octanol–water partition coefficient (Wildman–Crippen LogP) is 2.64. The Kier molecular flexibility index (Phi) is 4.43. The third kappa shape index (κ3) is 3.13. The largest absolute Gasteiger partial charge is 0.381 e. The molecule has 98 valence electrons. The molecule has 1 fully saturated rings. The molecular weight excluding hydrogens is 275 g/mol. The maximum Gasteiger partial charge on any atom is 0.254 e. The molecule has 2 rings (SSSR count). The number of halogens is 2. The van der Waals surface area contributed by atoms with E-state index >= 15 is 0 Å². The highest BCUT2D eigenvalue weighted by atomic mass is 35.5. The number of likely N-dealkylation sites (tertiary alicyclic amines) is 1. The highest BCUT2D eigenvalue weighted by Crippen LogP contribution is 2.19. The topological polar surface area (TPSA) is 42.4 Å². The van der Waals surface area contributed by atoms with Gasteiger partial charge in [0.05, 0.1) is 6.10 Å². The number of carbonyl (C=O) groups excluding carboxylic acids is 1. The van der Waals surface area contributed by atoms with E-state index < -0.39 is 0 Å². The van der Waals surface area contributed by atoms with Crippen LogP contribution in [0.25, 0.3) is 0 Å². The molecular formula is C12H14Cl2N2O2. The van der Waals surface area contributed by atoms with E-state index in [4.69, 9.17) is 27.9 Å². The summed E-state index contributed by atoms with van der Waals surface area (Å²) in [6, 6.07) is 3.08. The van der Waals surface area contributed by atoms with Crippen LogP contribution in [0.5, 0.6) is 0 Å². The van der Waals surface area contributed by atoms with Crippen LogP contribution in [0, 0.1) is 0 Å². The summed E-state index contributed by atoms with van der Waals surface area (Å²) in [6.45, 7) is 1.38. The summed E-state index contributed by atoms with van der Waals surface area (Å²) in [4.78, 5) is 17.9. The first-order chi connectivity index (χ1) is 8.60. The molecule has 0 bridgehead atoms. The zero-order valence-electron chi connectivity index (χ0n) is 10.0. The van der Waals surface area contributed by atoms with Gasteiger partial charge in [0.15, 0.2) is 0 Å². The normalized spacial score (nSPS) is 16.9. The van der Waals surface area contributed by atoms with Crippen molar-refractivity contribution in [2.45, 2.75) is 18.9 Å². The molecule has 1 aromatic heterocycles. The molecule has 0 N–H and O–H groups in total. The number of hydrogen-bond acceptors (Lipinski definition) is 3. The molecule has 0 saturated carbocycles. The number of nitrogens with zero attached hydrogens (tertiary/aromatic N) is 2. The second-order valence-electron chi connectivity index (χ2n) is 4.23. The van der Waals surface area contributed by atoms with E-state index in [0.717, 1.165) is 12.8 Å². The molecule has 0 radical (unpaired) electrons. The van der Waals surface area contributed by atoms with Crippen LogP contribution in [0.4, 0.5) is 0 Å². The van der Waals surface area contributed by atoms with Crippen molar-refractivity contribution >= 4 is 29.1 Å². The quantitative estimate of drug-likeness (QED) is 0.786. The Balaban J connectivity index is 2.07. The van der Waals surface area contributed by atoms with Crippen molar-refractivity contribution in [3.8, 4) is 0 Å². The van der Waals surface area contributed by atoms with Crippen LogP contribution >= 0.6 is 23.2 Å². The molecule has 0 unspecified atom stereocenters. The molecule has 1 amide bonds. The smallest absolute Gasteiger partial charge is 0.254 e. The van der Waals surface area contributed by atoms with Crippen LogP contribution in [-0.4, -0.2) is 42.1 Å². The van der Waals surface area contributed by atoms with Crippen LogP contribution in [0.15, 0.2) is 12.1 Å². The van der Waals surface area contributed by atoms with E-state index in [1.165, 1.54) is 12.1 Å². The fourth-order valence-electron chi connectivity index (χ4n) is 2.07. The Labute approximate surface area is 116 Å². The number of hydrogen-bond donors (Lipinski definition) is 0. The SMILES string of the molecule is COC1CCN(C(=O)c2cc(Cl)nc(Cl)c2)CC1. The fourth-order valence-corrected chi connectivity index (χ4v) is 2.53. The van der Waals surface area contributed by atoms with Crippen LogP contribution < -0.4 is 0 Å². The standard InChI is InChI=1S/C12H14Cl2N2O2/c1-18-9-2-4-16(5-3-9)12(17)8-6-10(13)15-11(14)7-8/h6-7,9H,2-5H2,1H3. The molecule has 1 saturated heterocycles. The minimum atomic E-state index is -0.0595. The zero-order valence-corrected chi connectivity index (χ0v) is 11.5. The molecule has 0 atom stereocenters. The van der Waals surface area contributed by atoms with Crippen molar-refractivity contribution in [3.63, 3.8) is 0 Å². The third-order valence-electron chi connectivity index (χ3n) is 3.07. The molecule has 1 aliphatic rings. The summed E-state index contributed by atoms with van der Waals surface area (Å²) in [7, 11) is 1.70. The maximum absolute atomic E-state index is 12.2. The third-order valence-corrected chi connectivity index (χ3v) is 3.46. The number of aromatic nitrogens is 1. The van der Waals surface area contributed by atoms with Crippen LogP contribution in [0.1, 0.15) is 23.2 Å². The van der Waals surface area contributed by atoms with Crippen molar-refractivity contribution in [3.05, 3.63) is 28.0 Å². The monoisotopic (exact) mass is 288 g/mol. The first-order valence-corrected chi connectivity index (χ1v) is 6.51. The van der Waals surface area contributed by atoms with Gasteiger partial charge in [0.25, 0.3) is 5.91 Å². The second kappa shape index (κ2) is 5.87. The molecule has 4 nitrogen and oxygen atoms in total. The molecule has 0 aliphatic carbocycles. The number of methoxy groups -OCH3 is 1. The number of carbonyl (C=O) groups is 1. The van der Waals surface area contributed by atoms with Crippen molar-refractivity contribution in [1.82, 2.24) is 9.88 Å². The molecule has 2 heterocycles. The van der Waals surface area contributed by atoms with E-state index in [2.05, 4.69) is 4.98 Å².